The molecule has 1 aromatic rings. The van der Waals surface area contributed by atoms with Gasteiger partial charge in [0, 0.05) is 17.5 Å². The summed E-state index contributed by atoms with van der Waals surface area (Å²) in [6, 6.07) is 8.41. The molecule has 114 valence electrons. The second-order valence-electron chi connectivity index (χ2n) is 5.91. The first-order valence-corrected chi connectivity index (χ1v) is 7.89. The zero-order valence-electron chi connectivity index (χ0n) is 13.3. The molecule has 1 heterocycles. The number of rotatable bonds is 7. The lowest BCUT2D eigenvalue weighted by atomic mass is 9.76. The van der Waals surface area contributed by atoms with Crippen LogP contribution in [0.1, 0.15) is 58.4 Å². The molecule has 2 rings (SSSR count). The Bertz CT molecular complexity index is 536. The predicted octanol–water partition coefficient (Wildman–Crippen LogP) is 4.56. The summed E-state index contributed by atoms with van der Waals surface area (Å²) >= 11 is 0. The Balaban J connectivity index is 1.83. The van der Waals surface area contributed by atoms with Crippen LogP contribution in [0.5, 0.6) is 0 Å². The summed E-state index contributed by atoms with van der Waals surface area (Å²) in [5, 5.41) is 0. The van der Waals surface area contributed by atoms with Crippen molar-refractivity contribution in [2.24, 2.45) is 4.99 Å². The van der Waals surface area contributed by atoms with Crippen LogP contribution in [-0.4, -0.2) is 18.3 Å². The number of unbranched alkanes of at least 4 members (excludes halogenated alkanes) is 2. The molecule has 0 radical (unpaired) electrons. The lowest BCUT2D eigenvalue weighted by Crippen LogP contribution is -2.27. The highest BCUT2D eigenvalue weighted by molar-refractivity contribution is 5.99. The third-order valence-electron chi connectivity index (χ3n) is 4.45. The molecule has 3 heteroatoms. The lowest BCUT2D eigenvalue weighted by Gasteiger charge is -2.26. The summed E-state index contributed by atoms with van der Waals surface area (Å²) in [5.74, 6) is -0.0762. The third-order valence-corrected chi connectivity index (χ3v) is 4.45. The van der Waals surface area contributed by atoms with Crippen LogP contribution in [0.2, 0.25) is 0 Å². The summed E-state index contributed by atoms with van der Waals surface area (Å²) in [5.41, 5.74) is 3.71. The highest BCUT2D eigenvalue weighted by Crippen LogP contribution is 2.43. The van der Waals surface area contributed by atoms with Crippen LogP contribution in [0.4, 0.5) is 5.69 Å². The van der Waals surface area contributed by atoms with E-state index in [4.69, 9.17) is 9.73 Å². The first-order valence-electron chi connectivity index (χ1n) is 7.89. The monoisotopic (exact) mass is 287 g/mol. The molecule has 0 aliphatic carbocycles. The summed E-state index contributed by atoms with van der Waals surface area (Å²) < 4.78 is 4.95. The van der Waals surface area contributed by atoms with E-state index < -0.39 is 0 Å². The van der Waals surface area contributed by atoms with Gasteiger partial charge < -0.3 is 4.74 Å². The highest BCUT2D eigenvalue weighted by Gasteiger charge is 2.35. The van der Waals surface area contributed by atoms with Gasteiger partial charge >= 0.3 is 5.97 Å². The molecule has 0 fully saturated rings. The first kappa shape index (κ1) is 15.7. The smallest absolute Gasteiger partial charge is 0.305 e. The molecule has 1 aliphatic heterocycles. The van der Waals surface area contributed by atoms with E-state index >= 15 is 0 Å². The summed E-state index contributed by atoms with van der Waals surface area (Å²) in [6.07, 6.45) is 4.70. The van der Waals surface area contributed by atoms with E-state index in [0.717, 1.165) is 31.4 Å². The van der Waals surface area contributed by atoms with Crippen molar-refractivity contribution in [1.29, 1.82) is 0 Å². The van der Waals surface area contributed by atoms with E-state index in [1.807, 2.05) is 13.0 Å². The molecule has 1 atom stereocenters. The normalized spacial score (nSPS) is 20.0. The number of nitrogens with zero attached hydrogens (tertiary/aromatic N) is 1. The van der Waals surface area contributed by atoms with Crippen molar-refractivity contribution < 1.29 is 9.53 Å². The SMILES string of the molecule is CCOC(=O)CCCCCC1(C)C(C)=Nc2ccccc21. The van der Waals surface area contributed by atoms with Crippen molar-refractivity contribution in [3.63, 3.8) is 0 Å². The Kier molecular flexibility index (Phi) is 5.16. The molecular weight excluding hydrogens is 262 g/mol. The number of hydrogen-bond donors (Lipinski definition) is 0. The van der Waals surface area contributed by atoms with Gasteiger partial charge in [-0.1, -0.05) is 38.0 Å². The zero-order valence-corrected chi connectivity index (χ0v) is 13.3. The van der Waals surface area contributed by atoms with Crippen molar-refractivity contribution in [2.75, 3.05) is 6.61 Å². The minimum Gasteiger partial charge on any atom is -0.466 e. The number of benzene rings is 1. The second-order valence-corrected chi connectivity index (χ2v) is 5.91. The molecule has 0 spiro atoms. The highest BCUT2D eigenvalue weighted by atomic mass is 16.5. The van der Waals surface area contributed by atoms with Gasteiger partial charge in [-0.05, 0) is 38.3 Å². The van der Waals surface area contributed by atoms with Gasteiger partial charge in [-0.15, -0.1) is 0 Å². The fourth-order valence-corrected chi connectivity index (χ4v) is 3.01. The van der Waals surface area contributed by atoms with E-state index in [1.165, 1.54) is 11.3 Å². The molecule has 0 saturated heterocycles. The maximum atomic E-state index is 11.3. The van der Waals surface area contributed by atoms with Crippen molar-refractivity contribution in [3.8, 4) is 0 Å². The lowest BCUT2D eigenvalue weighted by molar-refractivity contribution is -0.143. The Morgan fingerprint density at radius 2 is 2.00 bits per heavy atom. The molecule has 21 heavy (non-hydrogen) atoms. The van der Waals surface area contributed by atoms with Crippen LogP contribution >= 0.6 is 0 Å². The van der Waals surface area contributed by atoms with E-state index in [9.17, 15) is 4.79 Å². The van der Waals surface area contributed by atoms with E-state index in [-0.39, 0.29) is 11.4 Å². The number of aliphatic imine (C=N–C) groups is 1. The minimum absolute atomic E-state index is 0.0561. The van der Waals surface area contributed by atoms with Gasteiger partial charge in [0.2, 0.25) is 0 Å². The van der Waals surface area contributed by atoms with Crippen LogP contribution in [0.15, 0.2) is 29.3 Å². The Morgan fingerprint density at radius 1 is 1.24 bits per heavy atom. The van der Waals surface area contributed by atoms with Gasteiger partial charge in [0.25, 0.3) is 0 Å². The summed E-state index contributed by atoms with van der Waals surface area (Å²) in [4.78, 5) is 16.0. The van der Waals surface area contributed by atoms with Gasteiger partial charge in [-0.2, -0.15) is 0 Å². The fourth-order valence-electron chi connectivity index (χ4n) is 3.01. The number of fused-ring (bicyclic) bond motifs is 1. The zero-order chi connectivity index (χ0) is 15.3. The van der Waals surface area contributed by atoms with Crippen molar-refractivity contribution in [2.45, 2.75) is 58.3 Å². The topological polar surface area (TPSA) is 38.7 Å². The molecular formula is C18H25NO2. The molecule has 0 saturated carbocycles. The fraction of sp³-hybridized carbons (Fsp3) is 0.556. The number of ether oxygens (including phenoxy) is 1. The van der Waals surface area contributed by atoms with Crippen LogP contribution in [0.3, 0.4) is 0 Å². The van der Waals surface area contributed by atoms with Gasteiger partial charge in [0.1, 0.15) is 0 Å². The van der Waals surface area contributed by atoms with E-state index in [1.54, 1.807) is 0 Å². The third kappa shape index (κ3) is 3.52. The van der Waals surface area contributed by atoms with Gasteiger partial charge in [0.15, 0.2) is 0 Å². The summed E-state index contributed by atoms with van der Waals surface area (Å²) in [7, 11) is 0. The second kappa shape index (κ2) is 6.88. The number of carbonyl (C=O) groups is 1. The Hall–Kier alpha value is -1.64. The van der Waals surface area contributed by atoms with Gasteiger partial charge in [-0.3, -0.25) is 9.79 Å². The predicted molar refractivity (Wildman–Crippen MR) is 86.3 cm³/mol. The standard InChI is InChI=1S/C18H25NO2/c1-4-21-17(20)12-6-5-9-13-18(3)14(2)19-16-11-8-7-10-15(16)18/h7-8,10-11H,4-6,9,12-13H2,1-3H3. The number of para-hydroxylation sites is 1. The molecule has 1 unspecified atom stereocenters. The van der Waals surface area contributed by atoms with Crippen LogP contribution in [-0.2, 0) is 14.9 Å². The van der Waals surface area contributed by atoms with E-state index in [0.29, 0.717) is 13.0 Å². The molecule has 0 bridgehead atoms. The van der Waals surface area contributed by atoms with Crippen LogP contribution in [0.25, 0.3) is 0 Å². The van der Waals surface area contributed by atoms with E-state index in [2.05, 4.69) is 32.0 Å². The quantitative estimate of drug-likeness (QED) is 0.544. The number of carbonyl (C=O) groups excluding carboxylic acids is 1. The molecule has 1 aliphatic rings. The number of hydrogen-bond acceptors (Lipinski definition) is 3. The average molecular weight is 287 g/mol. The molecule has 0 amide bonds. The minimum atomic E-state index is -0.0762. The maximum absolute atomic E-state index is 11.3. The van der Waals surface area contributed by atoms with Gasteiger partial charge in [0.05, 0.1) is 12.3 Å². The Labute approximate surface area is 127 Å². The first-order chi connectivity index (χ1) is 10.1. The largest absolute Gasteiger partial charge is 0.466 e. The van der Waals surface area contributed by atoms with Crippen LogP contribution < -0.4 is 0 Å². The summed E-state index contributed by atoms with van der Waals surface area (Å²) in [6.45, 7) is 6.73. The molecule has 3 nitrogen and oxygen atoms in total. The molecule has 0 aromatic heterocycles. The Morgan fingerprint density at radius 3 is 2.76 bits per heavy atom. The average Bonchev–Trinajstić information content (AvgIpc) is 2.71. The van der Waals surface area contributed by atoms with Crippen molar-refractivity contribution in [3.05, 3.63) is 29.8 Å². The molecule has 1 aromatic carbocycles. The van der Waals surface area contributed by atoms with Crippen molar-refractivity contribution in [1.82, 2.24) is 0 Å². The van der Waals surface area contributed by atoms with Crippen molar-refractivity contribution >= 4 is 17.4 Å². The van der Waals surface area contributed by atoms with Crippen LogP contribution in [0, 0.1) is 0 Å². The van der Waals surface area contributed by atoms with Gasteiger partial charge in [-0.25, -0.2) is 0 Å². The number of esters is 1. The maximum Gasteiger partial charge on any atom is 0.305 e. The molecule has 0 N–H and O–H groups in total.